The van der Waals surface area contributed by atoms with Gasteiger partial charge in [0.05, 0.1) is 39.3 Å². The van der Waals surface area contributed by atoms with E-state index in [1.807, 2.05) is 30.7 Å². The largest absolute Gasteiger partial charge is 0.309 e. The first kappa shape index (κ1) is 31.5. The first-order chi connectivity index (χ1) is 28.3. The van der Waals surface area contributed by atoms with Gasteiger partial charge in [-0.3, -0.25) is 9.55 Å². The first-order valence-corrected chi connectivity index (χ1v) is 19.2. The maximum atomic E-state index is 5.30. The summed E-state index contributed by atoms with van der Waals surface area (Å²) in [5.74, 6) is 1.49. The molecule has 0 aliphatic heterocycles. The van der Waals surface area contributed by atoms with Crippen LogP contribution in [-0.4, -0.2) is 28.7 Å². The van der Waals surface area contributed by atoms with Gasteiger partial charge >= 0.3 is 0 Å². The molecule has 57 heavy (non-hydrogen) atoms. The predicted molar refractivity (Wildman–Crippen MR) is 234 cm³/mol. The number of nitrogens with zero attached hydrogens (tertiary/aromatic N) is 6. The minimum absolute atomic E-state index is 0.672. The van der Waals surface area contributed by atoms with Crippen molar-refractivity contribution in [2.24, 2.45) is 0 Å². The summed E-state index contributed by atoms with van der Waals surface area (Å²) in [5.41, 5.74) is 12.3. The molecule has 0 N–H and O–H groups in total. The van der Waals surface area contributed by atoms with E-state index in [0.29, 0.717) is 5.82 Å². The lowest BCUT2D eigenvalue weighted by atomic mass is 10.1. The lowest BCUT2D eigenvalue weighted by Gasteiger charge is -2.11. The standard InChI is InChI=1S/C51H32N6/c1-3-12-33(13-4-1)34-14-11-17-37(28-34)56-44-20-9-7-18-38(44)42-31-48-43(30-47(42)56)39-19-8-10-21-45(39)57(48)50-25-27-53-51(54-50)35-22-23-46-41(29-35)40-24-26-52-32-49(40)55(46)36-15-5-2-6-16-36/h1-32H. The Morgan fingerprint density at radius 1 is 0.333 bits per heavy atom. The van der Waals surface area contributed by atoms with E-state index in [0.717, 1.165) is 55.6 Å². The minimum Gasteiger partial charge on any atom is -0.309 e. The van der Waals surface area contributed by atoms with Crippen LogP contribution in [0.3, 0.4) is 0 Å². The van der Waals surface area contributed by atoms with E-state index < -0.39 is 0 Å². The van der Waals surface area contributed by atoms with Crippen molar-refractivity contribution in [2.45, 2.75) is 0 Å². The van der Waals surface area contributed by atoms with Crippen molar-refractivity contribution in [3.63, 3.8) is 0 Å². The molecule has 0 fully saturated rings. The highest BCUT2D eigenvalue weighted by atomic mass is 15.1. The maximum Gasteiger partial charge on any atom is 0.161 e. The van der Waals surface area contributed by atoms with E-state index in [2.05, 4.69) is 182 Å². The van der Waals surface area contributed by atoms with Crippen LogP contribution in [0.2, 0.25) is 0 Å². The molecule has 5 aromatic heterocycles. The molecule has 0 saturated carbocycles. The van der Waals surface area contributed by atoms with Crippen molar-refractivity contribution in [3.05, 3.63) is 195 Å². The molecule has 6 heteroatoms. The third-order valence-corrected chi connectivity index (χ3v) is 11.4. The highest BCUT2D eigenvalue weighted by molar-refractivity contribution is 6.19. The number of fused-ring (bicyclic) bond motifs is 9. The SMILES string of the molecule is c1ccc(-c2cccc(-n3c4ccccc4c4cc5c(cc43)c3ccccc3n5-c3ccnc(-c4ccc5c(c4)c4ccncc4n5-c4ccccc4)n3)c2)cc1. The lowest BCUT2D eigenvalue weighted by molar-refractivity contribution is 1.05. The smallest absolute Gasteiger partial charge is 0.161 e. The van der Waals surface area contributed by atoms with E-state index in [9.17, 15) is 0 Å². The molecule has 0 aliphatic rings. The average Bonchev–Trinajstić information content (AvgIpc) is 3.91. The fraction of sp³-hybridized carbons (Fsp3) is 0. The van der Waals surface area contributed by atoms with E-state index >= 15 is 0 Å². The molecule has 12 aromatic rings. The van der Waals surface area contributed by atoms with Gasteiger partial charge in [0.15, 0.2) is 5.82 Å². The van der Waals surface area contributed by atoms with Gasteiger partial charge in [-0.05, 0) is 90.0 Å². The van der Waals surface area contributed by atoms with Gasteiger partial charge in [-0.15, -0.1) is 0 Å². The van der Waals surface area contributed by atoms with Crippen molar-refractivity contribution in [3.8, 4) is 39.7 Å². The third kappa shape index (κ3) is 4.81. The Kier molecular flexibility index (Phi) is 6.83. The second-order valence-corrected chi connectivity index (χ2v) is 14.5. The van der Waals surface area contributed by atoms with Gasteiger partial charge < -0.3 is 9.13 Å². The summed E-state index contributed by atoms with van der Waals surface area (Å²) in [6.07, 6.45) is 5.68. The quantitative estimate of drug-likeness (QED) is 0.177. The zero-order chi connectivity index (χ0) is 37.5. The average molecular weight is 729 g/mol. The summed E-state index contributed by atoms with van der Waals surface area (Å²) >= 11 is 0. The van der Waals surface area contributed by atoms with Crippen molar-refractivity contribution in [1.29, 1.82) is 0 Å². The molecule has 0 spiro atoms. The first-order valence-electron chi connectivity index (χ1n) is 19.2. The van der Waals surface area contributed by atoms with Gasteiger partial charge in [0.25, 0.3) is 0 Å². The van der Waals surface area contributed by atoms with Crippen LogP contribution in [0.25, 0.3) is 105 Å². The zero-order valence-corrected chi connectivity index (χ0v) is 30.7. The number of benzene rings is 7. The van der Waals surface area contributed by atoms with Crippen molar-refractivity contribution in [2.75, 3.05) is 0 Å². The Labute approximate surface area is 327 Å². The second kappa shape index (κ2) is 12.3. The number of para-hydroxylation sites is 3. The van der Waals surface area contributed by atoms with Gasteiger partial charge in [0, 0.05) is 61.6 Å². The van der Waals surface area contributed by atoms with Crippen LogP contribution in [0.5, 0.6) is 0 Å². The monoisotopic (exact) mass is 728 g/mol. The van der Waals surface area contributed by atoms with Gasteiger partial charge in [-0.1, -0.05) is 97.1 Å². The topological polar surface area (TPSA) is 53.5 Å². The molecule has 0 radical (unpaired) electrons. The van der Waals surface area contributed by atoms with Crippen LogP contribution in [0.4, 0.5) is 0 Å². The summed E-state index contributed by atoms with van der Waals surface area (Å²) in [4.78, 5) is 14.6. The van der Waals surface area contributed by atoms with Gasteiger partial charge in [0.1, 0.15) is 5.82 Å². The van der Waals surface area contributed by atoms with Crippen LogP contribution in [0, 0.1) is 0 Å². The second-order valence-electron chi connectivity index (χ2n) is 14.5. The molecule has 5 heterocycles. The van der Waals surface area contributed by atoms with E-state index in [4.69, 9.17) is 9.97 Å². The van der Waals surface area contributed by atoms with Crippen molar-refractivity contribution < 1.29 is 0 Å². The zero-order valence-electron chi connectivity index (χ0n) is 30.7. The Hall–Kier alpha value is -7.83. The molecule has 0 unspecified atom stereocenters. The predicted octanol–water partition coefficient (Wildman–Crippen LogP) is 12.5. The van der Waals surface area contributed by atoms with E-state index in [1.54, 1.807) is 0 Å². The van der Waals surface area contributed by atoms with Gasteiger partial charge in [-0.2, -0.15) is 0 Å². The number of rotatable bonds is 5. The van der Waals surface area contributed by atoms with Gasteiger partial charge in [-0.25, -0.2) is 9.97 Å². The molecule has 0 atom stereocenters. The molecule has 6 nitrogen and oxygen atoms in total. The third-order valence-electron chi connectivity index (χ3n) is 11.4. The summed E-state index contributed by atoms with van der Waals surface area (Å²) in [6.45, 7) is 0. The lowest BCUT2D eigenvalue weighted by Crippen LogP contribution is -2.00. The fourth-order valence-electron chi connectivity index (χ4n) is 8.89. The highest BCUT2D eigenvalue weighted by Crippen LogP contribution is 2.40. The van der Waals surface area contributed by atoms with E-state index in [1.165, 1.54) is 43.7 Å². The fourth-order valence-corrected chi connectivity index (χ4v) is 8.89. The number of pyridine rings is 1. The minimum atomic E-state index is 0.672. The Morgan fingerprint density at radius 2 is 0.930 bits per heavy atom. The van der Waals surface area contributed by atoms with Crippen molar-refractivity contribution in [1.82, 2.24) is 28.7 Å². The normalized spacial score (nSPS) is 11.9. The Balaban J connectivity index is 1.06. The number of hydrogen-bond donors (Lipinski definition) is 0. The molecular weight excluding hydrogens is 697 g/mol. The summed E-state index contributed by atoms with van der Waals surface area (Å²) in [7, 11) is 0. The molecule has 0 saturated heterocycles. The highest BCUT2D eigenvalue weighted by Gasteiger charge is 2.20. The summed E-state index contributed by atoms with van der Waals surface area (Å²) in [6, 6.07) is 62.6. The number of aromatic nitrogens is 6. The molecule has 0 aliphatic carbocycles. The summed E-state index contributed by atoms with van der Waals surface area (Å²) < 4.78 is 6.98. The molecule has 0 bridgehead atoms. The molecule has 266 valence electrons. The van der Waals surface area contributed by atoms with Crippen LogP contribution >= 0.6 is 0 Å². The van der Waals surface area contributed by atoms with Crippen LogP contribution in [0.15, 0.2) is 195 Å². The van der Waals surface area contributed by atoms with Crippen LogP contribution < -0.4 is 0 Å². The molecule has 0 amide bonds. The van der Waals surface area contributed by atoms with E-state index in [-0.39, 0.29) is 0 Å². The van der Waals surface area contributed by atoms with Crippen molar-refractivity contribution >= 4 is 65.4 Å². The molecule has 7 aromatic carbocycles. The van der Waals surface area contributed by atoms with Crippen LogP contribution in [-0.2, 0) is 0 Å². The maximum absolute atomic E-state index is 5.30. The Morgan fingerprint density at radius 3 is 1.72 bits per heavy atom. The Bertz CT molecular complexity index is 3520. The molecule has 12 rings (SSSR count). The summed E-state index contributed by atoms with van der Waals surface area (Å²) in [5, 5.41) is 7.01. The van der Waals surface area contributed by atoms with Crippen LogP contribution in [0.1, 0.15) is 0 Å². The number of hydrogen-bond acceptors (Lipinski definition) is 3. The molecular formula is C51H32N6. The van der Waals surface area contributed by atoms with Gasteiger partial charge in [0.2, 0.25) is 0 Å².